The normalized spacial score (nSPS) is 15.0. The quantitative estimate of drug-likeness (QED) is 0.178. The van der Waals surface area contributed by atoms with Crippen molar-refractivity contribution in [3.05, 3.63) is 35.9 Å². The van der Waals surface area contributed by atoms with Gasteiger partial charge in [0.05, 0.1) is 6.29 Å². The van der Waals surface area contributed by atoms with E-state index in [-0.39, 0.29) is 49.1 Å². The fraction of sp³-hybridized carbons (Fsp3) is 0.667. The summed E-state index contributed by atoms with van der Waals surface area (Å²) in [4.78, 5) is 52.5. The molecule has 1 aromatic rings. The van der Waals surface area contributed by atoms with E-state index < -0.39 is 43.3 Å². The van der Waals surface area contributed by atoms with Gasteiger partial charge in [-0.3, -0.25) is 23.8 Å². The summed E-state index contributed by atoms with van der Waals surface area (Å²) >= 11 is 0. The third-order valence-electron chi connectivity index (χ3n) is 6.85. The van der Waals surface area contributed by atoms with Gasteiger partial charge in [-0.15, -0.1) is 0 Å². The van der Waals surface area contributed by atoms with Crippen LogP contribution in [0.2, 0.25) is 0 Å². The second kappa shape index (κ2) is 17.9. The summed E-state index contributed by atoms with van der Waals surface area (Å²) in [5.74, 6) is -1.78. The lowest BCUT2D eigenvalue weighted by atomic mass is 9.96. The highest BCUT2D eigenvalue weighted by atomic mass is 31.2. The third-order valence-corrected chi connectivity index (χ3v) is 9.16. The molecule has 238 valence electrons. The molecule has 0 spiro atoms. The van der Waals surface area contributed by atoms with Gasteiger partial charge in [0.15, 0.2) is 0 Å². The van der Waals surface area contributed by atoms with Crippen LogP contribution in [0.3, 0.4) is 0 Å². The van der Waals surface area contributed by atoms with E-state index in [4.69, 9.17) is 4.52 Å². The van der Waals surface area contributed by atoms with Crippen molar-refractivity contribution in [2.75, 3.05) is 26.6 Å². The highest BCUT2D eigenvalue weighted by Gasteiger charge is 2.36. The predicted octanol–water partition coefficient (Wildman–Crippen LogP) is 4.52. The van der Waals surface area contributed by atoms with Gasteiger partial charge in [0.2, 0.25) is 25.1 Å². The van der Waals surface area contributed by atoms with Crippen molar-refractivity contribution in [3.8, 4) is 0 Å². The number of hydrogen-bond donors (Lipinski definition) is 4. The maximum absolute atomic E-state index is 13.8. The molecule has 0 bridgehead atoms. The van der Waals surface area contributed by atoms with E-state index in [1.165, 1.54) is 14.2 Å². The Labute approximate surface area is 251 Å². The van der Waals surface area contributed by atoms with Gasteiger partial charge in [-0.1, -0.05) is 71.9 Å². The average Bonchev–Trinajstić information content (AvgIpc) is 2.92. The number of hydrogen-bond acceptors (Lipinski definition) is 6. The van der Waals surface area contributed by atoms with Crippen molar-refractivity contribution >= 4 is 31.2 Å². The number of benzene rings is 1. The number of likely N-dealkylation sites (N-methyl/N-ethyl adjacent to an activating group) is 1. The number of carbonyl (C=O) groups is 4. The first-order chi connectivity index (χ1) is 19.6. The van der Waals surface area contributed by atoms with Gasteiger partial charge in [0, 0.05) is 32.8 Å². The fourth-order valence-electron chi connectivity index (χ4n) is 4.77. The minimum atomic E-state index is -3.58. The first-order valence-electron chi connectivity index (χ1n) is 14.6. The SMILES string of the molecule is CNC(=O)[C@H](CC(C)C)NC(=O)C(CC(C)C)CP(=O)(CNC(=O)[C@H](CC(C)C)N(Cc1ccccc1)C(=O)O)OC. The van der Waals surface area contributed by atoms with Gasteiger partial charge >= 0.3 is 6.09 Å². The molecule has 0 aliphatic heterocycles. The number of nitrogens with one attached hydrogen (secondary N) is 3. The zero-order valence-electron chi connectivity index (χ0n) is 26.4. The highest BCUT2D eigenvalue weighted by Crippen LogP contribution is 2.47. The number of rotatable bonds is 18. The molecule has 0 aliphatic rings. The fourth-order valence-corrected chi connectivity index (χ4v) is 6.56. The molecule has 4 N–H and O–H groups in total. The molecule has 2 unspecified atom stereocenters. The summed E-state index contributed by atoms with van der Waals surface area (Å²) < 4.78 is 19.3. The van der Waals surface area contributed by atoms with Crippen molar-refractivity contribution in [3.63, 3.8) is 0 Å². The van der Waals surface area contributed by atoms with Crippen LogP contribution in [0.4, 0.5) is 4.79 Å². The molecule has 42 heavy (non-hydrogen) atoms. The van der Waals surface area contributed by atoms with Crippen LogP contribution >= 0.6 is 7.37 Å². The van der Waals surface area contributed by atoms with Crippen molar-refractivity contribution in [2.24, 2.45) is 23.7 Å². The van der Waals surface area contributed by atoms with E-state index in [2.05, 4.69) is 16.0 Å². The van der Waals surface area contributed by atoms with Crippen LogP contribution in [-0.4, -0.2) is 72.5 Å². The summed E-state index contributed by atoms with van der Waals surface area (Å²) in [6, 6.07) is 7.24. The van der Waals surface area contributed by atoms with Crippen molar-refractivity contribution in [2.45, 2.75) is 79.4 Å². The molecule has 0 aromatic heterocycles. The van der Waals surface area contributed by atoms with Crippen LogP contribution in [-0.2, 0) is 30.0 Å². The largest absolute Gasteiger partial charge is 0.465 e. The van der Waals surface area contributed by atoms with Crippen molar-refractivity contribution in [1.82, 2.24) is 20.9 Å². The Kier molecular flexibility index (Phi) is 15.8. The van der Waals surface area contributed by atoms with Gasteiger partial charge in [-0.2, -0.15) is 0 Å². The molecule has 0 heterocycles. The van der Waals surface area contributed by atoms with E-state index >= 15 is 0 Å². The lowest BCUT2D eigenvalue weighted by molar-refractivity contribution is -0.131. The Balaban J connectivity index is 3.14. The number of carboxylic acid groups (broad SMARTS) is 1. The van der Waals surface area contributed by atoms with Crippen molar-refractivity contribution in [1.29, 1.82) is 0 Å². The number of amides is 4. The molecular weight excluding hydrogens is 559 g/mol. The van der Waals surface area contributed by atoms with Crippen LogP contribution in [0.25, 0.3) is 0 Å². The maximum atomic E-state index is 13.8. The van der Waals surface area contributed by atoms with Crippen LogP contribution in [0.5, 0.6) is 0 Å². The Hall–Kier alpha value is -2.91. The lowest BCUT2D eigenvalue weighted by Gasteiger charge is -2.31. The first kappa shape index (κ1) is 37.1. The molecule has 11 nitrogen and oxygen atoms in total. The lowest BCUT2D eigenvalue weighted by Crippen LogP contribution is -2.50. The predicted molar refractivity (Wildman–Crippen MR) is 164 cm³/mol. The van der Waals surface area contributed by atoms with Crippen molar-refractivity contribution < 1.29 is 33.4 Å². The van der Waals surface area contributed by atoms with Gasteiger partial charge in [-0.05, 0) is 42.6 Å². The molecule has 4 amide bonds. The summed E-state index contributed by atoms with van der Waals surface area (Å²) in [6.45, 7) is 11.6. The van der Waals surface area contributed by atoms with E-state index in [1.54, 1.807) is 24.3 Å². The average molecular weight is 611 g/mol. The van der Waals surface area contributed by atoms with Gasteiger partial charge < -0.3 is 25.6 Å². The Bertz CT molecular complexity index is 1060. The van der Waals surface area contributed by atoms with E-state index in [0.717, 1.165) is 10.5 Å². The smallest absolute Gasteiger partial charge is 0.408 e. The first-order valence-corrected chi connectivity index (χ1v) is 16.6. The Morgan fingerprint density at radius 1 is 0.881 bits per heavy atom. The highest BCUT2D eigenvalue weighted by molar-refractivity contribution is 7.59. The monoisotopic (exact) mass is 610 g/mol. The molecule has 4 atom stereocenters. The minimum Gasteiger partial charge on any atom is -0.465 e. The second-order valence-electron chi connectivity index (χ2n) is 12.1. The van der Waals surface area contributed by atoms with Crippen LogP contribution < -0.4 is 16.0 Å². The van der Waals surface area contributed by atoms with E-state index in [1.807, 2.05) is 47.6 Å². The zero-order valence-corrected chi connectivity index (χ0v) is 27.3. The third kappa shape index (κ3) is 12.9. The number of carbonyl (C=O) groups excluding carboxylic acids is 3. The van der Waals surface area contributed by atoms with Gasteiger partial charge in [0.1, 0.15) is 12.1 Å². The molecule has 1 rings (SSSR count). The van der Waals surface area contributed by atoms with Gasteiger partial charge in [-0.25, -0.2) is 4.79 Å². The van der Waals surface area contributed by atoms with E-state index in [9.17, 15) is 28.8 Å². The molecule has 0 fully saturated rings. The molecule has 0 saturated heterocycles. The summed E-state index contributed by atoms with van der Waals surface area (Å²) in [5, 5.41) is 18.0. The maximum Gasteiger partial charge on any atom is 0.408 e. The van der Waals surface area contributed by atoms with Crippen LogP contribution in [0.1, 0.15) is 66.4 Å². The number of nitrogens with zero attached hydrogens (tertiary/aromatic N) is 1. The molecule has 12 heteroatoms. The Morgan fingerprint density at radius 2 is 1.45 bits per heavy atom. The minimum absolute atomic E-state index is 0.00540. The molecule has 1 aromatic carbocycles. The van der Waals surface area contributed by atoms with Gasteiger partial charge in [0.25, 0.3) is 0 Å². The second-order valence-corrected chi connectivity index (χ2v) is 14.7. The summed E-state index contributed by atoms with van der Waals surface area (Å²) in [7, 11) is -0.797. The summed E-state index contributed by atoms with van der Waals surface area (Å²) in [5.41, 5.74) is 0.735. The molecule has 0 saturated carbocycles. The van der Waals surface area contributed by atoms with Crippen LogP contribution in [0, 0.1) is 23.7 Å². The molecule has 0 aliphatic carbocycles. The van der Waals surface area contributed by atoms with Crippen LogP contribution in [0.15, 0.2) is 30.3 Å². The molecule has 0 radical (unpaired) electrons. The standard InChI is InChI=1S/C30H51N4O7P/c1-20(2)14-24(27(35)33-25(15-21(3)4)28(36)31-7)18-42(40,41-8)19-32-29(37)26(16-22(5)6)34(30(38)39)17-23-12-10-9-11-13-23/h9-13,20-22,24-26H,14-19H2,1-8H3,(H,31,36)(H,32,37)(H,33,35)(H,38,39)/t24?,25-,26-,42?/m0/s1. The Morgan fingerprint density at radius 3 is 1.93 bits per heavy atom. The summed E-state index contributed by atoms with van der Waals surface area (Å²) in [6.07, 6.45) is -0.639. The zero-order chi connectivity index (χ0) is 32.0. The molecular formula is C30H51N4O7P. The van der Waals surface area contributed by atoms with E-state index in [0.29, 0.717) is 12.8 Å². The topological polar surface area (TPSA) is 154 Å².